The molecule has 4 heteroatoms. The molecule has 1 N–H and O–H groups in total. The molecule has 0 aromatic heterocycles. The van der Waals surface area contributed by atoms with E-state index >= 15 is 0 Å². The van der Waals surface area contributed by atoms with E-state index in [9.17, 15) is 0 Å². The van der Waals surface area contributed by atoms with Crippen molar-refractivity contribution in [3.63, 3.8) is 0 Å². The minimum absolute atomic E-state index is 0.333. The van der Waals surface area contributed by atoms with Crippen LogP contribution >= 0.6 is 23.2 Å². The summed E-state index contributed by atoms with van der Waals surface area (Å²) in [5.41, 5.74) is 0. The first kappa shape index (κ1) is 8.60. The van der Waals surface area contributed by atoms with Gasteiger partial charge in [-0.15, -0.1) is 0 Å². The van der Waals surface area contributed by atoms with Crippen LogP contribution in [0.25, 0.3) is 0 Å². The summed E-state index contributed by atoms with van der Waals surface area (Å²) < 4.78 is 0. The van der Waals surface area contributed by atoms with E-state index in [2.05, 4.69) is 10.2 Å². The second-order valence-corrected chi connectivity index (χ2v) is 3.47. The number of alkyl halides is 2. The summed E-state index contributed by atoms with van der Waals surface area (Å²) in [5, 5.41) is 3.27. The SMILES string of the molecule is ClC(Cl)N1CCCNCC1. The average molecular weight is 183 g/mol. The maximum absolute atomic E-state index is 5.69. The van der Waals surface area contributed by atoms with Gasteiger partial charge >= 0.3 is 0 Å². The minimum Gasteiger partial charge on any atom is -0.315 e. The molecule has 10 heavy (non-hydrogen) atoms. The number of nitrogens with zero attached hydrogens (tertiary/aromatic N) is 1. The molecule has 0 bridgehead atoms. The van der Waals surface area contributed by atoms with Gasteiger partial charge in [-0.05, 0) is 13.0 Å². The highest BCUT2D eigenvalue weighted by atomic mass is 35.5. The largest absolute Gasteiger partial charge is 0.315 e. The van der Waals surface area contributed by atoms with Crippen LogP contribution in [0.1, 0.15) is 6.42 Å². The summed E-state index contributed by atoms with van der Waals surface area (Å²) >= 11 is 11.4. The highest BCUT2D eigenvalue weighted by molar-refractivity contribution is 6.43. The van der Waals surface area contributed by atoms with Crippen LogP contribution in [0.5, 0.6) is 0 Å². The van der Waals surface area contributed by atoms with E-state index < -0.39 is 0 Å². The smallest absolute Gasteiger partial charge is 0.160 e. The summed E-state index contributed by atoms with van der Waals surface area (Å²) in [5.74, 6) is 0. The Labute approximate surface area is 71.5 Å². The van der Waals surface area contributed by atoms with Gasteiger partial charge in [0.2, 0.25) is 0 Å². The fourth-order valence-corrected chi connectivity index (χ4v) is 1.45. The van der Waals surface area contributed by atoms with E-state index in [1.165, 1.54) is 0 Å². The van der Waals surface area contributed by atoms with Gasteiger partial charge in [-0.2, -0.15) is 0 Å². The lowest BCUT2D eigenvalue weighted by molar-refractivity contribution is 0.318. The first-order valence-corrected chi connectivity index (χ1v) is 4.41. The van der Waals surface area contributed by atoms with Crippen molar-refractivity contribution in [2.45, 2.75) is 11.4 Å². The van der Waals surface area contributed by atoms with Crippen molar-refractivity contribution < 1.29 is 0 Å². The van der Waals surface area contributed by atoms with E-state index in [-0.39, 0.29) is 4.96 Å². The molecule has 2 nitrogen and oxygen atoms in total. The predicted molar refractivity (Wildman–Crippen MR) is 44.6 cm³/mol. The highest BCUT2D eigenvalue weighted by Crippen LogP contribution is 2.10. The summed E-state index contributed by atoms with van der Waals surface area (Å²) in [6.07, 6.45) is 1.13. The van der Waals surface area contributed by atoms with Gasteiger partial charge in [0.15, 0.2) is 4.96 Å². The molecule has 0 aromatic rings. The van der Waals surface area contributed by atoms with Gasteiger partial charge in [0, 0.05) is 19.6 Å². The molecule has 1 saturated heterocycles. The summed E-state index contributed by atoms with van der Waals surface area (Å²) in [7, 11) is 0. The molecular weight excluding hydrogens is 171 g/mol. The Hall–Kier alpha value is 0.500. The Morgan fingerprint density at radius 3 is 2.70 bits per heavy atom. The monoisotopic (exact) mass is 182 g/mol. The number of halogens is 2. The molecule has 0 saturated carbocycles. The maximum atomic E-state index is 5.69. The van der Waals surface area contributed by atoms with Crippen LogP contribution < -0.4 is 5.32 Å². The second kappa shape index (κ2) is 4.39. The topological polar surface area (TPSA) is 15.3 Å². The second-order valence-electron chi connectivity index (χ2n) is 2.42. The third-order valence-corrected chi connectivity index (χ3v) is 2.20. The number of hydrogen-bond donors (Lipinski definition) is 1. The fraction of sp³-hybridized carbons (Fsp3) is 1.00. The van der Waals surface area contributed by atoms with Crippen molar-refractivity contribution in [1.82, 2.24) is 10.2 Å². The maximum Gasteiger partial charge on any atom is 0.160 e. The first-order valence-electron chi connectivity index (χ1n) is 3.53. The Balaban J connectivity index is 2.28. The van der Waals surface area contributed by atoms with E-state index in [1.54, 1.807) is 0 Å². The van der Waals surface area contributed by atoms with Crippen molar-refractivity contribution in [3.8, 4) is 0 Å². The van der Waals surface area contributed by atoms with E-state index in [0.29, 0.717) is 0 Å². The predicted octanol–water partition coefficient (Wildman–Crippen LogP) is 1.04. The normalized spacial score (nSPS) is 23.1. The first-order chi connectivity index (χ1) is 4.80. The zero-order valence-electron chi connectivity index (χ0n) is 5.82. The van der Waals surface area contributed by atoms with Crippen molar-refractivity contribution >= 4 is 23.2 Å². The lowest BCUT2D eigenvalue weighted by atomic mass is 10.4. The molecule has 0 radical (unpaired) electrons. The van der Waals surface area contributed by atoms with Crippen molar-refractivity contribution in [2.75, 3.05) is 26.2 Å². The third-order valence-electron chi connectivity index (χ3n) is 1.65. The minimum atomic E-state index is -0.333. The fourth-order valence-electron chi connectivity index (χ4n) is 1.06. The molecule has 0 unspecified atom stereocenters. The molecule has 0 aliphatic carbocycles. The number of rotatable bonds is 1. The molecule has 0 aromatic carbocycles. The molecule has 1 heterocycles. The molecule has 1 aliphatic rings. The quantitative estimate of drug-likeness (QED) is 0.482. The third kappa shape index (κ3) is 2.62. The zero-order valence-corrected chi connectivity index (χ0v) is 7.33. The van der Waals surface area contributed by atoms with E-state index in [0.717, 1.165) is 32.6 Å². The Kier molecular flexibility index (Phi) is 3.78. The molecule has 0 atom stereocenters. The Morgan fingerprint density at radius 2 is 2.00 bits per heavy atom. The van der Waals surface area contributed by atoms with Crippen LogP contribution in [0.3, 0.4) is 0 Å². The summed E-state index contributed by atoms with van der Waals surface area (Å²) in [6, 6.07) is 0. The standard InChI is InChI=1S/C6H12Cl2N2/c7-6(8)10-4-1-2-9-3-5-10/h6,9H,1-5H2. The van der Waals surface area contributed by atoms with Gasteiger partial charge in [-0.25, -0.2) is 0 Å². The van der Waals surface area contributed by atoms with Gasteiger partial charge in [0.1, 0.15) is 0 Å². The van der Waals surface area contributed by atoms with Gasteiger partial charge in [-0.3, -0.25) is 4.90 Å². The molecule has 1 aliphatic heterocycles. The summed E-state index contributed by atoms with van der Waals surface area (Å²) in [6.45, 7) is 4.04. The van der Waals surface area contributed by atoms with Crippen LogP contribution in [0.2, 0.25) is 0 Å². The van der Waals surface area contributed by atoms with Crippen LogP contribution in [0.15, 0.2) is 0 Å². The van der Waals surface area contributed by atoms with Crippen LogP contribution in [0.4, 0.5) is 0 Å². The van der Waals surface area contributed by atoms with Crippen molar-refractivity contribution in [3.05, 3.63) is 0 Å². The van der Waals surface area contributed by atoms with Gasteiger partial charge in [-0.1, -0.05) is 23.2 Å². The Morgan fingerprint density at radius 1 is 1.20 bits per heavy atom. The van der Waals surface area contributed by atoms with Gasteiger partial charge < -0.3 is 5.32 Å². The van der Waals surface area contributed by atoms with Crippen LogP contribution in [-0.2, 0) is 0 Å². The zero-order chi connectivity index (χ0) is 7.40. The van der Waals surface area contributed by atoms with Crippen LogP contribution in [0, 0.1) is 0 Å². The lowest BCUT2D eigenvalue weighted by Crippen LogP contribution is -2.31. The van der Waals surface area contributed by atoms with Crippen LogP contribution in [-0.4, -0.2) is 36.0 Å². The van der Waals surface area contributed by atoms with E-state index in [4.69, 9.17) is 23.2 Å². The molecule has 0 amide bonds. The molecule has 1 fully saturated rings. The van der Waals surface area contributed by atoms with Crippen molar-refractivity contribution in [1.29, 1.82) is 0 Å². The van der Waals surface area contributed by atoms with Gasteiger partial charge in [0.05, 0.1) is 0 Å². The molecule has 0 spiro atoms. The van der Waals surface area contributed by atoms with Gasteiger partial charge in [0.25, 0.3) is 0 Å². The number of nitrogens with one attached hydrogen (secondary N) is 1. The molecule has 1 rings (SSSR count). The highest BCUT2D eigenvalue weighted by Gasteiger charge is 2.13. The summed E-state index contributed by atoms with van der Waals surface area (Å²) in [4.78, 5) is 1.73. The molecular formula is C6H12Cl2N2. The number of hydrogen-bond acceptors (Lipinski definition) is 2. The Bertz CT molecular complexity index is 89.7. The van der Waals surface area contributed by atoms with Crippen molar-refractivity contribution in [2.24, 2.45) is 0 Å². The molecule has 60 valence electrons. The average Bonchev–Trinajstić information content (AvgIpc) is 2.12. The van der Waals surface area contributed by atoms with E-state index in [1.807, 2.05) is 0 Å². The lowest BCUT2D eigenvalue weighted by Gasteiger charge is -2.19.